The van der Waals surface area contributed by atoms with Crippen molar-refractivity contribution in [3.63, 3.8) is 0 Å². The lowest BCUT2D eigenvalue weighted by atomic mass is 9.76. The van der Waals surface area contributed by atoms with Crippen LogP contribution >= 0.6 is 0 Å². The largest absolute Gasteiger partial charge is 0.356 e. The summed E-state index contributed by atoms with van der Waals surface area (Å²) in [5.74, 6) is 0.701. The second-order valence-corrected chi connectivity index (χ2v) is 5.25. The lowest BCUT2D eigenvalue weighted by molar-refractivity contribution is -0.181. The Morgan fingerprint density at radius 3 is 2.54 bits per heavy atom. The topological polar surface area (TPSA) is 18.5 Å². The van der Waals surface area contributed by atoms with Gasteiger partial charge in [-0.3, -0.25) is 0 Å². The van der Waals surface area contributed by atoms with Gasteiger partial charge in [0.2, 0.25) is 0 Å². The molecule has 1 heterocycles. The number of hydrogen-bond donors (Lipinski definition) is 0. The normalized spacial score (nSPS) is 48.0. The molecule has 1 aliphatic carbocycles. The van der Waals surface area contributed by atoms with Crippen LogP contribution in [-0.2, 0) is 9.47 Å². The summed E-state index contributed by atoms with van der Waals surface area (Å²) >= 11 is 0. The summed E-state index contributed by atoms with van der Waals surface area (Å²) in [4.78, 5) is 0. The van der Waals surface area contributed by atoms with Crippen molar-refractivity contribution in [3.8, 4) is 0 Å². The van der Waals surface area contributed by atoms with Crippen molar-refractivity contribution in [2.75, 3.05) is 7.11 Å². The lowest BCUT2D eigenvalue weighted by Gasteiger charge is -2.37. The maximum atomic E-state index is 6.02. The van der Waals surface area contributed by atoms with Crippen LogP contribution in [0.15, 0.2) is 0 Å². The van der Waals surface area contributed by atoms with Crippen LogP contribution in [0, 0.1) is 11.3 Å². The molecule has 3 atom stereocenters. The molecule has 1 saturated carbocycles. The van der Waals surface area contributed by atoms with E-state index in [2.05, 4.69) is 20.8 Å². The molecule has 76 valence electrons. The number of fused-ring (bicyclic) bond motifs is 1. The highest BCUT2D eigenvalue weighted by Gasteiger charge is 2.58. The summed E-state index contributed by atoms with van der Waals surface area (Å²) in [6.45, 7) is 6.87. The molecule has 0 N–H and O–H groups in total. The zero-order chi connectivity index (χ0) is 9.69. The lowest BCUT2D eigenvalue weighted by Crippen LogP contribution is -2.41. The molecule has 0 radical (unpaired) electrons. The maximum Gasteiger partial charge on any atom is 0.158 e. The Hall–Kier alpha value is -0.0800. The number of methoxy groups -OCH3 is 1. The van der Waals surface area contributed by atoms with Crippen LogP contribution in [0.4, 0.5) is 0 Å². The SMILES string of the molecule is CO[C@@H]1C[C@@H]2CCC(C)(C)[C@]2(C)O1. The van der Waals surface area contributed by atoms with Gasteiger partial charge in [0.25, 0.3) is 0 Å². The second kappa shape index (κ2) is 2.71. The summed E-state index contributed by atoms with van der Waals surface area (Å²) in [6.07, 6.45) is 3.69. The van der Waals surface area contributed by atoms with E-state index >= 15 is 0 Å². The predicted molar refractivity (Wildman–Crippen MR) is 51.4 cm³/mol. The van der Waals surface area contributed by atoms with E-state index < -0.39 is 0 Å². The van der Waals surface area contributed by atoms with E-state index in [1.165, 1.54) is 12.8 Å². The molecule has 0 aromatic rings. The summed E-state index contributed by atoms with van der Waals surface area (Å²) in [5, 5.41) is 0. The Balaban J connectivity index is 2.21. The molecule has 1 saturated heterocycles. The van der Waals surface area contributed by atoms with Crippen LogP contribution in [0.5, 0.6) is 0 Å². The van der Waals surface area contributed by atoms with E-state index in [0.29, 0.717) is 11.3 Å². The van der Waals surface area contributed by atoms with E-state index in [0.717, 1.165) is 6.42 Å². The summed E-state index contributed by atoms with van der Waals surface area (Å²) in [7, 11) is 1.74. The molecule has 0 spiro atoms. The van der Waals surface area contributed by atoms with E-state index in [9.17, 15) is 0 Å². The molecule has 0 aromatic heterocycles. The number of ether oxygens (including phenoxy) is 2. The fourth-order valence-corrected chi connectivity index (χ4v) is 2.91. The van der Waals surface area contributed by atoms with Gasteiger partial charge < -0.3 is 9.47 Å². The van der Waals surface area contributed by atoms with Crippen LogP contribution in [-0.4, -0.2) is 19.0 Å². The van der Waals surface area contributed by atoms with Crippen LogP contribution in [0.2, 0.25) is 0 Å². The number of hydrogen-bond acceptors (Lipinski definition) is 2. The maximum absolute atomic E-state index is 6.02. The van der Waals surface area contributed by atoms with Gasteiger partial charge in [-0.15, -0.1) is 0 Å². The van der Waals surface area contributed by atoms with Gasteiger partial charge in [0.15, 0.2) is 6.29 Å². The molecule has 0 aromatic carbocycles. The van der Waals surface area contributed by atoms with E-state index in [1.54, 1.807) is 7.11 Å². The summed E-state index contributed by atoms with van der Waals surface area (Å²) in [5.41, 5.74) is 0.360. The van der Waals surface area contributed by atoms with E-state index in [4.69, 9.17) is 9.47 Å². The van der Waals surface area contributed by atoms with Gasteiger partial charge in [0.1, 0.15) is 0 Å². The molecular formula is C11H20O2. The Labute approximate surface area is 80.6 Å². The molecule has 0 unspecified atom stereocenters. The molecule has 0 bridgehead atoms. The molecule has 13 heavy (non-hydrogen) atoms. The predicted octanol–water partition coefficient (Wildman–Crippen LogP) is 2.57. The quantitative estimate of drug-likeness (QED) is 0.623. The summed E-state index contributed by atoms with van der Waals surface area (Å²) < 4.78 is 11.3. The number of rotatable bonds is 1. The van der Waals surface area contributed by atoms with Crippen molar-refractivity contribution in [3.05, 3.63) is 0 Å². The first-order valence-corrected chi connectivity index (χ1v) is 5.20. The van der Waals surface area contributed by atoms with E-state index in [-0.39, 0.29) is 11.9 Å². The minimum Gasteiger partial charge on any atom is -0.356 e. The first-order chi connectivity index (χ1) is 5.99. The van der Waals surface area contributed by atoms with Crippen LogP contribution in [0.25, 0.3) is 0 Å². The van der Waals surface area contributed by atoms with E-state index in [1.807, 2.05) is 0 Å². The fraction of sp³-hybridized carbons (Fsp3) is 1.00. The van der Waals surface area contributed by atoms with Crippen molar-refractivity contribution in [1.82, 2.24) is 0 Å². The third-order valence-corrected chi connectivity index (χ3v) is 4.36. The van der Waals surface area contributed by atoms with Crippen LogP contribution < -0.4 is 0 Å². The Bertz CT molecular complexity index is 212. The van der Waals surface area contributed by atoms with Gasteiger partial charge >= 0.3 is 0 Å². The van der Waals surface area contributed by atoms with Crippen LogP contribution in [0.3, 0.4) is 0 Å². The second-order valence-electron chi connectivity index (χ2n) is 5.25. The van der Waals surface area contributed by atoms with Gasteiger partial charge in [0, 0.05) is 13.5 Å². The molecule has 1 aliphatic heterocycles. The average Bonchev–Trinajstić information content (AvgIpc) is 2.49. The van der Waals surface area contributed by atoms with Crippen molar-refractivity contribution < 1.29 is 9.47 Å². The Morgan fingerprint density at radius 1 is 1.31 bits per heavy atom. The molecule has 2 rings (SSSR count). The molecule has 2 aliphatic rings. The first-order valence-electron chi connectivity index (χ1n) is 5.20. The Kier molecular flexibility index (Phi) is 1.97. The molecule has 2 heteroatoms. The third-order valence-electron chi connectivity index (χ3n) is 4.36. The van der Waals surface area contributed by atoms with Crippen molar-refractivity contribution >= 4 is 0 Å². The monoisotopic (exact) mass is 184 g/mol. The van der Waals surface area contributed by atoms with Gasteiger partial charge in [0.05, 0.1) is 5.60 Å². The first kappa shape index (κ1) is 9.47. The highest BCUT2D eigenvalue weighted by Crippen LogP contribution is 2.57. The summed E-state index contributed by atoms with van der Waals surface area (Å²) in [6, 6.07) is 0. The zero-order valence-corrected chi connectivity index (χ0v) is 9.09. The zero-order valence-electron chi connectivity index (χ0n) is 9.09. The third kappa shape index (κ3) is 1.15. The minimum atomic E-state index is 0.0366. The standard InChI is InChI=1S/C11H20O2/c1-10(2)6-5-8-7-9(12-4)13-11(8,10)3/h8-9H,5-7H2,1-4H3/t8-,9-,11+/m0/s1. The van der Waals surface area contributed by atoms with Gasteiger partial charge in [-0.2, -0.15) is 0 Å². The smallest absolute Gasteiger partial charge is 0.158 e. The highest BCUT2D eigenvalue weighted by molar-refractivity contribution is 5.06. The van der Waals surface area contributed by atoms with Crippen LogP contribution in [0.1, 0.15) is 40.0 Å². The molecule has 0 amide bonds. The highest BCUT2D eigenvalue weighted by atomic mass is 16.7. The van der Waals surface area contributed by atoms with Gasteiger partial charge in [-0.1, -0.05) is 13.8 Å². The fourth-order valence-electron chi connectivity index (χ4n) is 2.91. The van der Waals surface area contributed by atoms with Crippen molar-refractivity contribution in [2.45, 2.75) is 51.9 Å². The van der Waals surface area contributed by atoms with Gasteiger partial charge in [-0.25, -0.2) is 0 Å². The molecule has 2 fully saturated rings. The minimum absolute atomic E-state index is 0.0366. The average molecular weight is 184 g/mol. The van der Waals surface area contributed by atoms with Crippen molar-refractivity contribution in [2.24, 2.45) is 11.3 Å². The molecule has 2 nitrogen and oxygen atoms in total. The van der Waals surface area contributed by atoms with Gasteiger partial charge in [-0.05, 0) is 31.1 Å². The van der Waals surface area contributed by atoms with Crippen molar-refractivity contribution in [1.29, 1.82) is 0 Å². The Morgan fingerprint density at radius 2 is 2.00 bits per heavy atom. The molecular weight excluding hydrogens is 164 g/mol.